The molecule has 0 heterocycles. The predicted molar refractivity (Wildman–Crippen MR) is 382 cm³/mol. The lowest BCUT2D eigenvalue weighted by molar-refractivity contribution is -0.00100. The maximum Gasteiger partial charge on any atom is 0.0825 e. The van der Waals surface area contributed by atoms with Crippen molar-refractivity contribution in [2.45, 2.75) is 284 Å². The zero-order valence-corrected chi connectivity index (χ0v) is 71.6. The van der Waals surface area contributed by atoms with E-state index in [9.17, 15) is 15.3 Å². The lowest BCUT2D eigenvalue weighted by atomic mass is 10.4. The van der Waals surface area contributed by atoms with Crippen LogP contribution in [0.25, 0.3) is 0 Å². The molecule has 5 nitrogen and oxygen atoms in total. The third kappa shape index (κ3) is 65.1. The molecule has 0 aromatic heterocycles. The summed E-state index contributed by atoms with van der Waals surface area (Å²) in [5, 5.41) is 45.7. The van der Waals surface area contributed by atoms with Crippen LogP contribution in [0.2, 0.25) is 0 Å². The van der Waals surface area contributed by atoms with E-state index in [0.29, 0.717) is 33.0 Å². The molecule has 0 amide bonds. The molecular formula is C68H156Br2ClI2O5P5. The minimum atomic E-state index is -0.796. The molecule has 5 N–H and O–H groups in total. The Morgan fingerprint density at radius 1 is 0.169 bits per heavy atom. The second-order valence-electron chi connectivity index (χ2n) is 24.4. The second-order valence-corrected chi connectivity index (χ2v) is 46.8. The summed E-state index contributed by atoms with van der Waals surface area (Å²) in [6.07, 6.45) is 64.9. The van der Waals surface area contributed by atoms with Crippen molar-refractivity contribution in [1.82, 2.24) is 0 Å². The minimum absolute atomic E-state index is 0. The van der Waals surface area contributed by atoms with Crippen molar-refractivity contribution in [3.05, 3.63) is 0 Å². The molecule has 0 aliphatic heterocycles. The van der Waals surface area contributed by atoms with Gasteiger partial charge in [0, 0.05) is 49.5 Å². The Morgan fingerprint density at radius 3 is 0.410 bits per heavy atom. The summed E-state index contributed by atoms with van der Waals surface area (Å²) in [5.41, 5.74) is 0. The van der Waals surface area contributed by atoms with E-state index >= 15 is 0 Å². The van der Waals surface area contributed by atoms with Crippen LogP contribution >= 0.6 is 36.3 Å². The Hall–Kier alpha value is 4.66. The van der Waals surface area contributed by atoms with Crippen molar-refractivity contribution in [2.24, 2.45) is 0 Å². The first kappa shape index (κ1) is 109. The van der Waals surface area contributed by atoms with Gasteiger partial charge in [-0.2, -0.15) is 0 Å². The largest absolute Gasteiger partial charge is 1.00 e. The van der Waals surface area contributed by atoms with Crippen LogP contribution in [-0.2, 0) is 0 Å². The second kappa shape index (κ2) is 82.8. The van der Waals surface area contributed by atoms with Gasteiger partial charge >= 0.3 is 0 Å². The normalized spacial score (nSPS) is 11.3. The van der Waals surface area contributed by atoms with Crippen LogP contribution in [0.1, 0.15) is 284 Å². The molecule has 0 aromatic rings. The molecular weight excluding hydrogens is 1500 g/mol. The van der Waals surface area contributed by atoms with Gasteiger partial charge in [0.05, 0.1) is 143 Å². The molecule has 518 valence electrons. The first-order valence-corrected chi connectivity index (χ1v) is 47.7. The topological polar surface area (TPSA) is 101 Å². The van der Waals surface area contributed by atoms with Gasteiger partial charge in [-0.25, -0.2) is 0 Å². The average molecular weight is 1660 g/mol. The summed E-state index contributed by atoms with van der Waals surface area (Å²) < 4.78 is 0. The Morgan fingerprint density at radius 2 is 0.301 bits per heavy atom. The van der Waals surface area contributed by atoms with Gasteiger partial charge in [-0.3, -0.25) is 0 Å². The molecule has 0 saturated heterocycles. The first-order valence-electron chi connectivity index (χ1n) is 35.0. The zero-order valence-electron chi connectivity index (χ0n) is 58.8. The lowest BCUT2D eigenvalue weighted by Gasteiger charge is -2.27. The quantitative estimate of drug-likeness (QED) is 0.0283. The maximum atomic E-state index is 9.33. The number of hydrogen-bond donors (Lipinski definition) is 5. The fraction of sp³-hybridized carbons (Fsp3) is 1.00. The van der Waals surface area contributed by atoms with E-state index in [1.807, 2.05) is 0 Å². The molecule has 0 aromatic carbocycles. The maximum absolute atomic E-state index is 9.33. The van der Waals surface area contributed by atoms with E-state index in [0.717, 1.165) is 31.3 Å². The molecule has 0 spiro atoms. The monoisotopic (exact) mass is 1650 g/mol. The van der Waals surface area contributed by atoms with Gasteiger partial charge < -0.3 is 120 Å². The van der Waals surface area contributed by atoms with Crippen molar-refractivity contribution >= 4 is 36.3 Å². The predicted octanol–water partition coefficient (Wildman–Crippen LogP) is 6.22. The van der Waals surface area contributed by atoms with Crippen molar-refractivity contribution in [2.75, 3.05) is 156 Å². The standard InChI is InChI=1S/3C14H32OP.2C13H30OP.2BrH.ClH.2HI/c3*1-4-7-11-16(14-10-15,12-8-5-2)13-9-6-3;2*1-4-10-15(11-5-2,12-6-3)13-8-7-9-14;;;;;/h3*15H,4-14H2,1-3H3;2*14H,4-13H2,1-3H3;5*1H/q5*+1;;;;;/p-5. The summed E-state index contributed by atoms with van der Waals surface area (Å²) in [4.78, 5) is 0. The highest BCUT2D eigenvalue weighted by Crippen LogP contribution is 2.63. The fourth-order valence-corrected chi connectivity index (χ4v) is 36.7. The summed E-state index contributed by atoms with van der Waals surface area (Å²) in [6.45, 7) is 36.5. The van der Waals surface area contributed by atoms with Crippen LogP contribution in [0.15, 0.2) is 0 Å². The Kier molecular flexibility index (Phi) is 109. The Balaban J connectivity index is -0.0000000989. The molecule has 0 unspecified atom stereocenters. The molecule has 0 aliphatic rings. The third-order valence-electron chi connectivity index (χ3n) is 16.9. The van der Waals surface area contributed by atoms with Gasteiger partial charge in [0.1, 0.15) is 0 Å². The third-order valence-corrected chi connectivity index (χ3v) is 42.6. The Labute approximate surface area is 590 Å². The van der Waals surface area contributed by atoms with Crippen molar-refractivity contribution in [3.8, 4) is 0 Å². The molecule has 0 fully saturated rings. The summed E-state index contributed by atoms with van der Waals surface area (Å²) >= 11 is 0. The van der Waals surface area contributed by atoms with Crippen LogP contribution in [0, 0.1) is 0 Å². The van der Waals surface area contributed by atoms with Crippen molar-refractivity contribution in [3.63, 3.8) is 0 Å². The van der Waals surface area contributed by atoms with Crippen LogP contribution in [0.4, 0.5) is 0 Å². The molecule has 0 saturated carbocycles. The SMILES string of the molecule is CCCC[P+](CCO)(CCCC)CCCC.CCCC[P+](CCO)(CCCC)CCCC.CCCC[P+](CCO)(CCCC)CCCC.CCC[P+](CCC)(CCC)CCCCO.CCC[P+](CCC)(CCC)CCCCO.[Br-].[Br-].[Cl-].[I-].[I-]. The molecule has 0 aliphatic carbocycles. The van der Waals surface area contributed by atoms with E-state index in [-0.39, 0.29) is 94.3 Å². The van der Waals surface area contributed by atoms with Crippen LogP contribution in [-0.4, -0.2) is 182 Å². The molecule has 0 atom stereocenters. The number of aliphatic hydroxyl groups excluding tert-OH is 5. The van der Waals surface area contributed by atoms with E-state index in [2.05, 4.69) is 104 Å². The number of unbranched alkanes of at least 4 members (excludes halogenated alkanes) is 11. The average Bonchev–Trinajstić information content (AvgIpc) is 3.43. The highest BCUT2D eigenvalue weighted by Gasteiger charge is 2.38. The molecule has 0 bridgehead atoms. The molecule has 15 heteroatoms. The van der Waals surface area contributed by atoms with E-state index in [1.54, 1.807) is 0 Å². The highest BCUT2D eigenvalue weighted by molar-refractivity contribution is 7.77. The number of halogens is 5. The first-order chi connectivity index (χ1) is 37.7. The lowest BCUT2D eigenvalue weighted by Crippen LogP contribution is -3.00. The van der Waals surface area contributed by atoms with Gasteiger partial charge in [0.25, 0.3) is 0 Å². The summed E-state index contributed by atoms with van der Waals surface area (Å²) in [6, 6.07) is 0. The van der Waals surface area contributed by atoms with Crippen LogP contribution in [0.5, 0.6) is 0 Å². The fourth-order valence-electron chi connectivity index (χ4n) is 12.4. The minimum Gasteiger partial charge on any atom is -1.00 e. The van der Waals surface area contributed by atoms with Crippen LogP contribution in [0.3, 0.4) is 0 Å². The van der Waals surface area contributed by atoms with Crippen molar-refractivity contribution < 1.29 is 120 Å². The highest BCUT2D eigenvalue weighted by atomic mass is 127. The summed E-state index contributed by atoms with van der Waals surface area (Å²) in [5.74, 6) is 0. The number of aliphatic hydroxyl groups is 5. The zero-order chi connectivity index (χ0) is 60.0. The van der Waals surface area contributed by atoms with Crippen molar-refractivity contribution in [1.29, 1.82) is 0 Å². The van der Waals surface area contributed by atoms with Crippen LogP contribution < -0.4 is 94.3 Å². The van der Waals surface area contributed by atoms with E-state index in [1.165, 1.54) is 272 Å². The van der Waals surface area contributed by atoms with Gasteiger partial charge in [-0.05, 0) is 122 Å². The van der Waals surface area contributed by atoms with E-state index < -0.39 is 36.3 Å². The van der Waals surface area contributed by atoms with Gasteiger partial charge in [0.2, 0.25) is 0 Å². The Bertz CT molecular complexity index is 924. The number of rotatable bonds is 53. The molecule has 0 radical (unpaired) electrons. The smallest absolute Gasteiger partial charge is 0.0825 e. The van der Waals surface area contributed by atoms with Gasteiger partial charge in [0.15, 0.2) is 0 Å². The van der Waals surface area contributed by atoms with Gasteiger partial charge in [-0.15, -0.1) is 0 Å². The van der Waals surface area contributed by atoms with Gasteiger partial charge in [-0.1, -0.05) is 162 Å². The summed E-state index contributed by atoms with van der Waals surface area (Å²) in [7, 11) is -3.66. The van der Waals surface area contributed by atoms with E-state index in [4.69, 9.17) is 10.2 Å². The number of hydrogen-bond acceptors (Lipinski definition) is 5. The molecule has 0 rings (SSSR count). The molecule has 83 heavy (non-hydrogen) atoms.